The molecule has 1 fully saturated rings. The molecule has 0 radical (unpaired) electrons. The Hall–Kier alpha value is -0.610. The fourth-order valence-electron chi connectivity index (χ4n) is 1.19. The molecule has 1 aliphatic rings. The molecule has 1 aliphatic heterocycles. The monoisotopic (exact) mass is 159 g/mol. The zero-order chi connectivity index (χ0) is 8.27. The molecule has 11 heavy (non-hydrogen) atoms. The summed E-state index contributed by atoms with van der Waals surface area (Å²) >= 11 is 0. The van der Waals surface area contributed by atoms with Crippen LogP contribution >= 0.6 is 0 Å². The predicted molar refractivity (Wildman–Crippen MR) is 38.7 cm³/mol. The second-order valence-corrected chi connectivity index (χ2v) is 2.79. The smallest absolute Gasteiger partial charge is 0.223 e. The molecule has 0 bridgehead atoms. The lowest BCUT2D eigenvalue weighted by molar-refractivity contribution is -0.123. The molecule has 1 saturated heterocycles. The van der Waals surface area contributed by atoms with Crippen molar-refractivity contribution in [1.29, 1.82) is 0 Å². The van der Waals surface area contributed by atoms with Gasteiger partial charge in [-0.3, -0.25) is 4.79 Å². The highest BCUT2D eigenvalue weighted by molar-refractivity contribution is 5.80. The molecule has 1 heterocycles. The van der Waals surface area contributed by atoms with E-state index in [0.29, 0.717) is 13.2 Å². The minimum atomic E-state index is -0.266. The van der Waals surface area contributed by atoms with Crippen LogP contribution in [0.2, 0.25) is 0 Å². The molecule has 0 aromatic rings. The van der Waals surface area contributed by atoms with Gasteiger partial charge in [-0.05, 0) is 0 Å². The summed E-state index contributed by atoms with van der Waals surface area (Å²) in [5, 5.41) is 11.1. The van der Waals surface area contributed by atoms with Crippen LogP contribution in [0.25, 0.3) is 0 Å². The molecule has 4 nitrogen and oxygen atoms in total. The first-order valence-electron chi connectivity index (χ1n) is 3.72. The summed E-state index contributed by atoms with van der Waals surface area (Å²) in [4.78, 5) is 10.9. The Balaban J connectivity index is 2.30. The van der Waals surface area contributed by atoms with Gasteiger partial charge in [0.1, 0.15) is 6.79 Å². The van der Waals surface area contributed by atoms with Crippen LogP contribution in [0.4, 0.5) is 0 Å². The fraction of sp³-hybridized carbons (Fsp3) is 0.857. The molecule has 0 aliphatic carbocycles. The Kier molecular flexibility index (Phi) is 2.84. The van der Waals surface area contributed by atoms with Crippen LogP contribution in [0, 0.1) is 11.8 Å². The van der Waals surface area contributed by atoms with Gasteiger partial charge >= 0.3 is 0 Å². The number of rotatable bonds is 3. The molecule has 0 saturated carbocycles. The Morgan fingerprint density at radius 1 is 1.82 bits per heavy atom. The number of nitrogens with one attached hydrogen (secondary N) is 1. The zero-order valence-electron chi connectivity index (χ0n) is 6.54. The topological polar surface area (TPSA) is 58.6 Å². The van der Waals surface area contributed by atoms with Gasteiger partial charge in [0.2, 0.25) is 5.91 Å². The van der Waals surface area contributed by atoms with Crippen molar-refractivity contribution in [3.63, 3.8) is 0 Å². The molecule has 0 aromatic heterocycles. The maximum Gasteiger partial charge on any atom is 0.223 e. The van der Waals surface area contributed by atoms with Gasteiger partial charge in [-0.25, -0.2) is 0 Å². The average molecular weight is 159 g/mol. The van der Waals surface area contributed by atoms with Gasteiger partial charge in [0.15, 0.2) is 0 Å². The van der Waals surface area contributed by atoms with Gasteiger partial charge in [-0.2, -0.15) is 0 Å². The van der Waals surface area contributed by atoms with Crippen molar-refractivity contribution in [3.05, 3.63) is 0 Å². The number of hydrogen-bond donors (Lipinski definition) is 2. The van der Waals surface area contributed by atoms with E-state index in [9.17, 15) is 4.79 Å². The van der Waals surface area contributed by atoms with Gasteiger partial charge in [-0.15, -0.1) is 0 Å². The number of hydrogen-bond acceptors (Lipinski definition) is 3. The van der Waals surface area contributed by atoms with Gasteiger partial charge < -0.3 is 15.2 Å². The summed E-state index contributed by atoms with van der Waals surface area (Å²) in [6.45, 7) is 2.72. The minimum absolute atomic E-state index is 0.0153. The molecule has 1 amide bonds. The quantitative estimate of drug-likeness (QED) is 0.537. The Bertz CT molecular complexity index is 149. The van der Waals surface area contributed by atoms with Crippen molar-refractivity contribution in [1.82, 2.24) is 5.32 Å². The number of aliphatic hydroxyl groups excluding tert-OH is 1. The lowest BCUT2D eigenvalue weighted by Crippen LogP contribution is -2.18. The number of carbonyl (C=O) groups excluding carboxylic acids is 1. The van der Waals surface area contributed by atoms with Crippen LogP contribution in [-0.2, 0) is 9.53 Å². The molecule has 4 heteroatoms. The first kappa shape index (κ1) is 8.49. The summed E-state index contributed by atoms with van der Waals surface area (Å²) in [5.41, 5.74) is 0. The third-order valence-electron chi connectivity index (χ3n) is 2.08. The molecular formula is C7H13NO3. The van der Waals surface area contributed by atoms with Crippen molar-refractivity contribution in [2.75, 3.05) is 19.9 Å². The van der Waals surface area contributed by atoms with Crippen LogP contribution in [0.15, 0.2) is 0 Å². The van der Waals surface area contributed by atoms with Gasteiger partial charge in [0, 0.05) is 18.4 Å². The molecule has 0 aromatic carbocycles. The number of carbonyl (C=O) groups is 1. The molecule has 2 atom stereocenters. The summed E-state index contributed by atoms with van der Waals surface area (Å²) < 4.78 is 4.80. The summed E-state index contributed by atoms with van der Waals surface area (Å²) in [6.07, 6.45) is 0. The SMILES string of the molecule is C[C@H]1C(=O)NC[C@@H]1COCO. The second kappa shape index (κ2) is 3.69. The highest BCUT2D eigenvalue weighted by Gasteiger charge is 2.30. The first-order chi connectivity index (χ1) is 5.25. The standard InChI is InChI=1S/C7H13NO3/c1-5-6(3-11-4-9)2-8-7(5)10/h5-6,9H,2-4H2,1H3,(H,8,10)/t5-,6-/m1/s1. The summed E-state index contributed by atoms with van der Waals surface area (Å²) in [7, 11) is 0. The van der Waals surface area contributed by atoms with E-state index in [1.54, 1.807) is 0 Å². The maximum absolute atomic E-state index is 10.9. The molecule has 64 valence electrons. The molecule has 0 spiro atoms. The van der Waals surface area contributed by atoms with E-state index in [1.807, 2.05) is 6.92 Å². The summed E-state index contributed by atoms with van der Waals surface area (Å²) in [6, 6.07) is 0. The van der Waals surface area contributed by atoms with E-state index in [4.69, 9.17) is 9.84 Å². The average Bonchev–Trinajstić information content (AvgIpc) is 2.31. The van der Waals surface area contributed by atoms with E-state index in [0.717, 1.165) is 0 Å². The van der Waals surface area contributed by atoms with E-state index >= 15 is 0 Å². The summed E-state index contributed by atoms with van der Waals surface area (Å²) in [5.74, 6) is 0.313. The van der Waals surface area contributed by atoms with Gasteiger partial charge in [-0.1, -0.05) is 6.92 Å². The zero-order valence-corrected chi connectivity index (χ0v) is 6.54. The Morgan fingerprint density at radius 2 is 2.55 bits per heavy atom. The predicted octanol–water partition coefficient (Wildman–Crippen LogP) is -0.665. The van der Waals surface area contributed by atoms with Crippen LogP contribution in [0.5, 0.6) is 0 Å². The number of aliphatic hydroxyl groups is 1. The molecule has 0 unspecified atom stereocenters. The van der Waals surface area contributed by atoms with Crippen molar-refractivity contribution >= 4 is 5.91 Å². The molecule has 2 N–H and O–H groups in total. The van der Waals surface area contributed by atoms with Crippen molar-refractivity contribution in [2.24, 2.45) is 11.8 Å². The third-order valence-corrected chi connectivity index (χ3v) is 2.08. The Morgan fingerprint density at radius 3 is 3.00 bits per heavy atom. The normalized spacial score (nSPS) is 30.5. The van der Waals surface area contributed by atoms with Crippen molar-refractivity contribution in [3.8, 4) is 0 Å². The highest BCUT2D eigenvalue weighted by atomic mass is 16.6. The lowest BCUT2D eigenvalue weighted by Gasteiger charge is -2.10. The third kappa shape index (κ3) is 1.91. The molecule has 1 rings (SSSR count). The van der Waals surface area contributed by atoms with Crippen molar-refractivity contribution in [2.45, 2.75) is 6.92 Å². The van der Waals surface area contributed by atoms with Crippen LogP contribution in [0.1, 0.15) is 6.92 Å². The van der Waals surface area contributed by atoms with E-state index < -0.39 is 0 Å². The fourth-order valence-corrected chi connectivity index (χ4v) is 1.19. The number of ether oxygens (including phenoxy) is 1. The minimum Gasteiger partial charge on any atom is -0.371 e. The van der Waals surface area contributed by atoms with Crippen LogP contribution in [0.3, 0.4) is 0 Å². The molecular weight excluding hydrogens is 146 g/mol. The second-order valence-electron chi connectivity index (χ2n) is 2.79. The van der Waals surface area contributed by atoms with Gasteiger partial charge in [0.05, 0.1) is 6.61 Å². The van der Waals surface area contributed by atoms with Gasteiger partial charge in [0.25, 0.3) is 0 Å². The highest BCUT2D eigenvalue weighted by Crippen LogP contribution is 2.16. The van der Waals surface area contributed by atoms with Crippen LogP contribution < -0.4 is 5.32 Å². The maximum atomic E-state index is 10.9. The lowest BCUT2D eigenvalue weighted by atomic mass is 9.99. The van der Waals surface area contributed by atoms with E-state index in [2.05, 4.69) is 5.32 Å². The van der Waals surface area contributed by atoms with E-state index in [1.165, 1.54) is 0 Å². The number of amides is 1. The Labute approximate surface area is 65.5 Å². The first-order valence-corrected chi connectivity index (χ1v) is 3.72. The van der Waals surface area contributed by atoms with Crippen molar-refractivity contribution < 1.29 is 14.6 Å². The van der Waals surface area contributed by atoms with E-state index in [-0.39, 0.29) is 24.5 Å². The van der Waals surface area contributed by atoms with Crippen LogP contribution in [-0.4, -0.2) is 31.0 Å². The largest absolute Gasteiger partial charge is 0.371 e.